The summed E-state index contributed by atoms with van der Waals surface area (Å²) in [6.07, 6.45) is 1.22. The number of aryl methyl sites for hydroxylation is 1. The van der Waals surface area contributed by atoms with Crippen LogP contribution in [0.1, 0.15) is 23.6 Å². The fourth-order valence-electron chi connectivity index (χ4n) is 2.68. The molecule has 0 bridgehead atoms. The Kier molecular flexibility index (Phi) is 4.75. The van der Waals surface area contributed by atoms with E-state index in [9.17, 15) is 9.59 Å². The largest absolute Gasteiger partial charge is 0.423 e. The smallest absolute Gasteiger partial charge is 0.336 e. The van der Waals surface area contributed by atoms with Crippen molar-refractivity contribution in [3.63, 3.8) is 0 Å². The summed E-state index contributed by atoms with van der Waals surface area (Å²) in [5.74, 6) is -0.0748. The van der Waals surface area contributed by atoms with Gasteiger partial charge in [-0.05, 0) is 35.2 Å². The maximum absolute atomic E-state index is 12.1. The second-order valence-electron chi connectivity index (χ2n) is 5.71. The van der Waals surface area contributed by atoms with Crippen LogP contribution in [0.2, 0.25) is 0 Å². The molecule has 1 amide bonds. The Hall–Kier alpha value is -2.88. The molecule has 0 saturated heterocycles. The van der Waals surface area contributed by atoms with Gasteiger partial charge in [0.1, 0.15) is 5.58 Å². The van der Waals surface area contributed by atoms with Gasteiger partial charge in [0.2, 0.25) is 5.91 Å². The quantitative estimate of drug-likeness (QED) is 0.734. The van der Waals surface area contributed by atoms with E-state index in [0.29, 0.717) is 18.5 Å². The number of rotatable bonds is 5. The minimum absolute atomic E-state index is 0.0748. The number of carbonyl (C=O) groups is 1. The van der Waals surface area contributed by atoms with Crippen LogP contribution in [0.4, 0.5) is 0 Å². The highest BCUT2D eigenvalue weighted by atomic mass is 16.4. The van der Waals surface area contributed by atoms with Crippen LogP contribution in [-0.2, 0) is 24.2 Å². The van der Waals surface area contributed by atoms with Gasteiger partial charge >= 0.3 is 5.63 Å². The topological polar surface area (TPSA) is 59.3 Å². The summed E-state index contributed by atoms with van der Waals surface area (Å²) in [6.45, 7) is 2.38. The number of amides is 1. The van der Waals surface area contributed by atoms with E-state index in [2.05, 4.69) is 12.2 Å². The number of hydrogen-bond donors (Lipinski definition) is 1. The van der Waals surface area contributed by atoms with Crippen molar-refractivity contribution in [3.8, 4) is 0 Å². The molecule has 0 aliphatic carbocycles. The third-order valence-corrected chi connectivity index (χ3v) is 3.98. The minimum atomic E-state index is -0.404. The third kappa shape index (κ3) is 3.71. The van der Waals surface area contributed by atoms with E-state index in [1.807, 2.05) is 48.5 Å². The van der Waals surface area contributed by atoms with Gasteiger partial charge in [0.25, 0.3) is 0 Å². The molecule has 1 heterocycles. The van der Waals surface area contributed by atoms with Gasteiger partial charge in [-0.3, -0.25) is 4.79 Å². The molecule has 0 atom stereocenters. The van der Waals surface area contributed by atoms with E-state index in [4.69, 9.17) is 4.42 Å². The number of fused-ring (bicyclic) bond motifs is 1. The summed E-state index contributed by atoms with van der Waals surface area (Å²) in [5.41, 5.74) is 3.04. The van der Waals surface area contributed by atoms with E-state index in [1.54, 1.807) is 0 Å². The standard InChI is InChI=1S/C20H19NO3/c1-2-14-8-9-18-17(10-14)16(12-20(23)24-18)13-21-19(22)11-15-6-4-3-5-7-15/h3-10,12H,2,11,13H2,1H3,(H,21,22). The second-order valence-corrected chi connectivity index (χ2v) is 5.71. The molecule has 0 radical (unpaired) electrons. The Morgan fingerprint density at radius 2 is 1.83 bits per heavy atom. The Labute approximate surface area is 140 Å². The SMILES string of the molecule is CCc1ccc2oc(=O)cc(CNC(=O)Cc3ccccc3)c2c1. The predicted octanol–water partition coefficient (Wildman–Crippen LogP) is 3.21. The first-order chi connectivity index (χ1) is 11.7. The van der Waals surface area contributed by atoms with Gasteiger partial charge in [-0.25, -0.2) is 4.79 Å². The van der Waals surface area contributed by atoms with Gasteiger partial charge in [-0.1, -0.05) is 43.3 Å². The van der Waals surface area contributed by atoms with E-state index in [1.165, 1.54) is 6.07 Å². The Morgan fingerprint density at radius 3 is 2.58 bits per heavy atom. The molecule has 1 N–H and O–H groups in total. The summed E-state index contributed by atoms with van der Waals surface area (Å²) >= 11 is 0. The zero-order chi connectivity index (χ0) is 16.9. The van der Waals surface area contributed by atoms with Crippen LogP contribution in [0.25, 0.3) is 11.0 Å². The summed E-state index contributed by atoms with van der Waals surface area (Å²) in [7, 11) is 0. The lowest BCUT2D eigenvalue weighted by molar-refractivity contribution is -0.120. The summed E-state index contributed by atoms with van der Waals surface area (Å²) in [5, 5.41) is 3.75. The van der Waals surface area contributed by atoms with Crippen molar-refractivity contribution in [2.24, 2.45) is 0 Å². The zero-order valence-electron chi connectivity index (χ0n) is 13.5. The van der Waals surface area contributed by atoms with E-state index in [-0.39, 0.29) is 5.91 Å². The fourth-order valence-corrected chi connectivity index (χ4v) is 2.68. The van der Waals surface area contributed by atoms with Gasteiger partial charge in [0.15, 0.2) is 0 Å². The first-order valence-electron chi connectivity index (χ1n) is 8.02. The van der Waals surface area contributed by atoms with Crippen LogP contribution in [0.3, 0.4) is 0 Å². The van der Waals surface area contributed by atoms with Crippen molar-refractivity contribution in [2.45, 2.75) is 26.3 Å². The normalized spacial score (nSPS) is 10.7. The molecule has 4 heteroatoms. The number of nitrogens with one attached hydrogen (secondary N) is 1. The minimum Gasteiger partial charge on any atom is -0.423 e. The number of hydrogen-bond acceptors (Lipinski definition) is 3. The first-order valence-corrected chi connectivity index (χ1v) is 8.02. The van der Waals surface area contributed by atoms with E-state index < -0.39 is 5.63 Å². The van der Waals surface area contributed by atoms with Crippen LogP contribution in [-0.4, -0.2) is 5.91 Å². The average molecular weight is 321 g/mol. The molecule has 0 spiro atoms. The average Bonchev–Trinajstić information content (AvgIpc) is 2.60. The molecule has 0 unspecified atom stereocenters. The monoisotopic (exact) mass is 321 g/mol. The molecule has 0 fully saturated rings. The van der Waals surface area contributed by atoms with Crippen LogP contribution >= 0.6 is 0 Å². The Bertz CT molecular complexity index is 913. The third-order valence-electron chi connectivity index (χ3n) is 3.98. The summed E-state index contributed by atoms with van der Waals surface area (Å²) in [4.78, 5) is 23.8. The second kappa shape index (κ2) is 7.13. The summed E-state index contributed by atoms with van der Waals surface area (Å²) in [6, 6.07) is 16.8. The molecule has 122 valence electrons. The molecular formula is C20H19NO3. The van der Waals surface area contributed by atoms with Gasteiger partial charge in [0, 0.05) is 18.0 Å². The molecule has 0 aliphatic rings. The van der Waals surface area contributed by atoms with Crippen molar-refractivity contribution >= 4 is 16.9 Å². The molecule has 3 rings (SSSR count). The highest BCUT2D eigenvalue weighted by Gasteiger charge is 2.09. The summed E-state index contributed by atoms with van der Waals surface area (Å²) < 4.78 is 5.24. The van der Waals surface area contributed by atoms with Gasteiger partial charge in [-0.2, -0.15) is 0 Å². The lowest BCUT2D eigenvalue weighted by atomic mass is 10.1. The molecule has 0 aliphatic heterocycles. The zero-order valence-corrected chi connectivity index (χ0v) is 13.5. The lowest BCUT2D eigenvalue weighted by Gasteiger charge is -2.09. The highest BCUT2D eigenvalue weighted by molar-refractivity contribution is 5.82. The van der Waals surface area contributed by atoms with Crippen molar-refractivity contribution in [3.05, 3.63) is 81.7 Å². The molecule has 2 aromatic carbocycles. The van der Waals surface area contributed by atoms with Gasteiger partial charge in [0.05, 0.1) is 6.42 Å². The van der Waals surface area contributed by atoms with Crippen LogP contribution < -0.4 is 10.9 Å². The molecule has 24 heavy (non-hydrogen) atoms. The maximum Gasteiger partial charge on any atom is 0.336 e. The van der Waals surface area contributed by atoms with Crippen molar-refractivity contribution in [1.29, 1.82) is 0 Å². The number of benzene rings is 2. The molecular weight excluding hydrogens is 302 g/mol. The first kappa shape index (κ1) is 16.0. The fraction of sp³-hybridized carbons (Fsp3) is 0.200. The van der Waals surface area contributed by atoms with Crippen LogP contribution in [0.5, 0.6) is 0 Å². The van der Waals surface area contributed by atoms with E-state index >= 15 is 0 Å². The molecule has 1 aromatic heterocycles. The molecule has 0 saturated carbocycles. The van der Waals surface area contributed by atoms with Crippen LogP contribution in [0, 0.1) is 0 Å². The highest BCUT2D eigenvalue weighted by Crippen LogP contribution is 2.19. The van der Waals surface area contributed by atoms with Crippen molar-refractivity contribution in [1.82, 2.24) is 5.32 Å². The van der Waals surface area contributed by atoms with Crippen LogP contribution in [0.15, 0.2) is 63.8 Å². The van der Waals surface area contributed by atoms with Crippen molar-refractivity contribution < 1.29 is 9.21 Å². The van der Waals surface area contributed by atoms with Crippen molar-refractivity contribution in [2.75, 3.05) is 0 Å². The molecule has 3 aromatic rings. The maximum atomic E-state index is 12.1. The molecule has 4 nitrogen and oxygen atoms in total. The van der Waals surface area contributed by atoms with Gasteiger partial charge in [-0.15, -0.1) is 0 Å². The number of carbonyl (C=O) groups excluding carboxylic acids is 1. The lowest BCUT2D eigenvalue weighted by Crippen LogP contribution is -2.25. The Morgan fingerprint density at radius 1 is 1.04 bits per heavy atom. The van der Waals surface area contributed by atoms with Gasteiger partial charge < -0.3 is 9.73 Å². The predicted molar refractivity (Wildman–Crippen MR) is 93.9 cm³/mol. The Balaban J connectivity index is 1.79. The van der Waals surface area contributed by atoms with E-state index in [0.717, 1.165) is 28.5 Å².